The van der Waals surface area contributed by atoms with Crippen LogP contribution in [-0.2, 0) is 33.6 Å². The lowest BCUT2D eigenvalue weighted by Gasteiger charge is -2.19. The molecule has 2 atom stereocenters. The standard InChI is InChI=1S/C26H32N6O3/c1-18(14-19-10-6-4-7-11-19)27-16-21(33)17-32-22-23(30(2)26(35)31(3)24(22)34)29-25(32)28-15-20-12-8-5-9-13-20/h4-13,18,21,27,33H,14-17H2,1-3H3,(H,28,29). The first-order chi connectivity index (χ1) is 16.8. The fourth-order valence-electron chi connectivity index (χ4n) is 4.19. The van der Waals surface area contributed by atoms with Gasteiger partial charge in [0.2, 0.25) is 5.95 Å². The number of rotatable bonds is 10. The summed E-state index contributed by atoms with van der Waals surface area (Å²) in [6, 6.07) is 20.2. The Morgan fingerprint density at radius 2 is 1.57 bits per heavy atom. The monoisotopic (exact) mass is 476 g/mol. The molecule has 0 aliphatic heterocycles. The van der Waals surface area contributed by atoms with E-state index in [1.54, 1.807) is 11.6 Å². The molecule has 2 unspecified atom stereocenters. The molecule has 2 aromatic heterocycles. The first kappa shape index (κ1) is 24.4. The smallest absolute Gasteiger partial charge is 0.332 e. The molecule has 35 heavy (non-hydrogen) atoms. The molecule has 0 aliphatic rings. The molecule has 2 heterocycles. The Hall–Kier alpha value is -3.69. The maximum atomic E-state index is 13.0. The van der Waals surface area contributed by atoms with Crippen molar-refractivity contribution in [3.63, 3.8) is 0 Å². The zero-order chi connectivity index (χ0) is 24.9. The minimum absolute atomic E-state index is 0.145. The Bertz CT molecular complexity index is 1390. The van der Waals surface area contributed by atoms with Gasteiger partial charge >= 0.3 is 5.69 Å². The molecule has 0 saturated carbocycles. The normalized spacial score (nSPS) is 13.1. The van der Waals surface area contributed by atoms with Crippen LogP contribution >= 0.6 is 0 Å². The second-order valence-corrected chi connectivity index (χ2v) is 8.92. The Kier molecular flexibility index (Phi) is 7.48. The van der Waals surface area contributed by atoms with Crippen LogP contribution in [0, 0.1) is 0 Å². The molecule has 0 bridgehead atoms. The van der Waals surface area contributed by atoms with Crippen molar-refractivity contribution in [2.75, 3.05) is 11.9 Å². The number of hydrogen-bond acceptors (Lipinski definition) is 6. The van der Waals surface area contributed by atoms with E-state index in [1.807, 2.05) is 48.5 Å². The lowest BCUT2D eigenvalue weighted by Crippen LogP contribution is -2.39. The van der Waals surface area contributed by atoms with Gasteiger partial charge < -0.3 is 20.3 Å². The number of aromatic nitrogens is 4. The summed E-state index contributed by atoms with van der Waals surface area (Å²) in [5, 5.41) is 17.5. The Morgan fingerprint density at radius 3 is 2.23 bits per heavy atom. The second kappa shape index (κ2) is 10.7. The maximum absolute atomic E-state index is 13.0. The first-order valence-corrected chi connectivity index (χ1v) is 11.7. The fourth-order valence-corrected chi connectivity index (χ4v) is 4.19. The summed E-state index contributed by atoms with van der Waals surface area (Å²) in [5.74, 6) is 0.429. The van der Waals surface area contributed by atoms with Gasteiger partial charge in [0.05, 0.1) is 12.6 Å². The molecule has 0 fully saturated rings. The van der Waals surface area contributed by atoms with Gasteiger partial charge in [0.15, 0.2) is 11.2 Å². The molecule has 9 nitrogen and oxygen atoms in total. The Balaban J connectivity index is 1.56. The van der Waals surface area contributed by atoms with E-state index in [0.29, 0.717) is 19.0 Å². The predicted molar refractivity (Wildman–Crippen MR) is 138 cm³/mol. The van der Waals surface area contributed by atoms with Crippen LogP contribution in [0.25, 0.3) is 11.2 Å². The van der Waals surface area contributed by atoms with Crippen LogP contribution in [0.15, 0.2) is 70.3 Å². The lowest BCUT2D eigenvalue weighted by atomic mass is 10.1. The van der Waals surface area contributed by atoms with Gasteiger partial charge in [0.25, 0.3) is 5.56 Å². The zero-order valence-electron chi connectivity index (χ0n) is 20.3. The van der Waals surface area contributed by atoms with Crippen molar-refractivity contribution in [1.29, 1.82) is 0 Å². The molecule has 4 rings (SSSR count). The quantitative estimate of drug-likeness (QED) is 0.321. The number of aliphatic hydroxyl groups excluding tert-OH is 1. The molecule has 0 aliphatic carbocycles. The number of fused-ring (bicyclic) bond motifs is 1. The Labute approximate surface area is 203 Å². The second-order valence-electron chi connectivity index (χ2n) is 8.92. The third kappa shape index (κ3) is 5.52. The van der Waals surface area contributed by atoms with Crippen LogP contribution in [-0.4, -0.2) is 42.5 Å². The van der Waals surface area contributed by atoms with Crippen molar-refractivity contribution in [1.82, 2.24) is 24.0 Å². The van der Waals surface area contributed by atoms with E-state index in [1.165, 1.54) is 17.2 Å². The molecule has 9 heteroatoms. The molecular formula is C26H32N6O3. The summed E-state index contributed by atoms with van der Waals surface area (Å²) in [5.41, 5.74) is 1.94. The van der Waals surface area contributed by atoms with Gasteiger partial charge in [0, 0.05) is 33.2 Å². The van der Waals surface area contributed by atoms with E-state index >= 15 is 0 Å². The van der Waals surface area contributed by atoms with Gasteiger partial charge in [0.1, 0.15) is 0 Å². The van der Waals surface area contributed by atoms with E-state index in [-0.39, 0.29) is 23.8 Å². The summed E-state index contributed by atoms with van der Waals surface area (Å²) in [6.45, 7) is 3.05. The highest BCUT2D eigenvalue weighted by atomic mass is 16.3. The van der Waals surface area contributed by atoms with Crippen molar-refractivity contribution < 1.29 is 5.11 Å². The van der Waals surface area contributed by atoms with Gasteiger partial charge in [-0.1, -0.05) is 60.7 Å². The molecule has 0 radical (unpaired) electrons. The number of nitrogens with one attached hydrogen (secondary N) is 2. The number of imidazole rings is 1. The molecule has 184 valence electrons. The number of hydrogen-bond donors (Lipinski definition) is 3. The van der Waals surface area contributed by atoms with Crippen molar-refractivity contribution >= 4 is 17.1 Å². The van der Waals surface area contributed by atoms with E-state index in [4.69, 9.17) is 0 Å². The van der Waals surface area contributed by atoms with Crippen LogP contribution in [0.5, 0.6) is 0 Å². The van der Waals surface area contributed by atoms with Crippen molar-refractivity contribution in [3.05, 3.63) is 92.6 Å². The van der Waals surface area contributed by atoms with Crippen molar-refractivity contribution in [2.24, 2.45) is 14.1 Å². The van der Waals surface area contributed by atoms with Gasteiger partial charge in [-0.2, -0.15) is 4.98 Å². The molecule has 3 N–H and O–H groups in total. The number of benzene rings is 2. The van der Waals surface area contributed by atoms with Crippen LogP contribution in [0.4, 0.5) is 5.95 Å². The van der Waals surface area contributed by atoms with Gasteiger partial charge in [-0.3, -0.25) is 13.9 Å². The number of aliphatic hydroxyl groups is 1. The topological polar surface area (TPSA) is 106 Å². The van der Waals surface area contributed by atoms with E-state index < -0.39 is 17.4 Å². The average Bonchev–Trinajstić information content (AvgIpc) is 3.23. The summed E-state index contributed by atoms with van der Waals surface area (Å²) in [4.78, 5) is 30.0. The van der Waals surface area contributed by atoms with Crippen molar-refractivity contribution in [3.8, 4) is 0 Å². The minimum Gasteiger partial charge on any atom is -0.390 e. The van der Waals surface area contributed by atoms with E-state index in [0.717, 1.165) is 16.6 Å². The Morgan fingerprint density at radius 1 is 0.943 bits per heavy atom. The number of nitrogens with zero attached hydrogens (tertiary/aromatic N) is 4. The summed E-state index contributed by atoms with van der Waals surface area (Å²) in [6.07, 6.45) is 0.0681. The molecule has 0 saturated heterocycles. The van der Waals surface area contributed by atoms with Crippen LogP contribution in [0.3, 0.4) is 0 Å². The summed E-state index contributed by atoms with van der Waals surface area (Å²) < 4.78 is 4.09. The van der Waals surface area contributed by atoms with Crippen LogP contribution in [0.1, 0.15) is 18.1 Å². The van der Waals surface area contributed by atoms with Crippen LogP contribution in [0.2, 0.25) is 0 Å². The average molecular weight is 477 g/mol. The van der Waals surface area contributed by atoms with E-state index in [2.05, 4.69) is 34.7 Å². The molecular weight excluding hydrogens is 444 g/mol. The molecule has 2 aromatic carbocycles. The van der Waals surface area contributed by atoms with Gasteiger partial charge in [-0.15, -0.1) is 0 Å². The number of anilines is 1. The highest BCUT2D eigenvalue weighted by Gasteiger charge is 2.21. The zero-order valence-corrected chi connectivity index (χ0v) is 20.3. The molecule has 0 spiro atoms. The third-order valence-electron chi connectivity index (χ3n) is 6.12. The van der Waals surface area contributed by atoms with Crippen LogP contribution < -0.4 is 21.9 Å². The van der Waals surface area contributed by atoms with E-state index in [9.17, 15) is 14.7 Å². The summed E-state index contributed by atoms with van der Waals surface area (Å²) >= 11 is 0. The van der Waals surface area contributed by atoms with Crippen molar-refractivity contribution in [2.45, 2.75) is 38.6 Å². The van der Waals surface area contributed by atoms with Gasteiger partial charge in [-0.05, 0) is 24.5 Å². The minimum atomic E-state index is -0.773. The highest BCUT2D eigenvalue weighted by molar-refractivity contribution is 5.74. The molecule has 4 aromatic rings. The lowest BCUT2D eigenvalue weighted by molar-refractivity contribution is 0.150. The SMILES string of the molecule is CC(Cc1ccccc1)NCC(O)Cn1c(NCc2ccccc2)nc2c1c(=O)n(C)c(=O)n2C. The highest BCUT2D eigenvalue weighted by Crippen LogP contribution is 2.17. The predicted octanol–water partition coefficient (Wildman–Crippen LogP) is 1.63. The fraction of sp³-hybridized carbons (Fsp3) is 0.346. The third-order valence-corrected chi connectivity index (χ3v) is 6.12. The maximum Gasteiger partial charge on any atom is 0.332 e. The summed E-state index contributed by atoms with van der Waals surface area (Å²) in [7, 11) is 3.04. The largest absolute Gasteiger partial charge is 0.390 e. The first-order valence-electron chi connectivity index (χ1n) is 11.7. The number of aryl methyl sites for hydroxylation is 1. The molecule has 0 amide bonds. The van der Waals surface area contributed by atoms with Gasteiger partial charge in [-0.25, -0.2) is 4.79 Å².